The summed E-state index contributed by atoms with van der Waals surface area (Å²) < 4.78 is 6.79. The molecule has 0 N–H and O–H groups in total. The number of carbonyl (C=O) groups excluding carboxylic acids is 1. The Bertz CT molecular complexity index is 806. The summed E-state index contributed by atoms with van der Waals surface area (Å²) in [7, 11) is 1.64. The number of aromatic nitrogens is 3. The van der Waals surface area contributed by atoms with E-state index in [9.17, 15) is 9.59 Å². The summed E-state index contributed by atoms with van der Waals surface area (Å²) in [6, 6.07) is 3.05. The van der Waals surface area contributed by atoms with Crippen LogP contribution in [-0.2, 0) is 7.05 Å². The van der Waals surface area contributed by atoms with Gasteiger partial charge in [0.15, 0.2) is 5.82 Å². The van der Waals surface area contributed by atoms with Crippen molar-refractivity contribution in [3.8, 4) is 0 Å². The third kappa shape index (κ3) is 2.46. The smallest absolute Gasteiger partial charge is 0.263 e. The minimum atomic E-state index is -0.285. The van der Waals surface area contributed by atoms with Gasteiger partial charge < -0.3 is 14.0 Å². The molecular formula is C16H18N4O3. The Balaban J connectivity index is 1.62. The van der Waals surface area contributed by atoms with Crippen LogP contribution < -0.4 is 5.56 Å². The second-order valence-electron chi connectivity index (χ2n) is 6.26. The first-order chi connectivity index (χ1) is 11.1. The van der Waals surface area contributed by atoms with E-state index < -0.39 is 0 Å². The third-order valence-corrected chi connectivity index (χ3v) is 4.55. The quantitative estimate of drug-likeness (QED) is 0.860. The summed E-state index contributed by atoms with van der Waals surface area (Å²) in [5.41, 5.74) is -0.101. The summed E-state index contributed by atoms with van der Waals surface area (Å²) in [4.78, 5) is 31.1. The molecule has 1 unspecified atom stereocenters. The Morgan fingerprint density at radius 2 is 2.17 bits per heavy atom. The molecule has 7 heteroatoms. The van der Waals surface area contributed by atoms with Crippen LogP contribution >= 0.6 is 0 Å². The molecule has 7 nitrogen and oxygen atoms in total. The van der Waals surface area contributed by atoms with Gasteiger partial charge in [-0.1, -0.05) is 5.16 Å². The normalized spacial score (nSPS) is 20.9. The van der Waals surface area contributed by atoms with Crippen LogP contribution in [0.25, 0.3) is 0 Å². The monoisotopic (exact) mass is 314 g/mol. The van der Waals surface area contributed by atoms with Gasteiger partial charge >= 0.3 is 0 Å². The molecule has 1 saturated carbocycles. The summed E-state index contributed by atoms with van der Waals surface area (Å²) in [6.07, 6.45) is 5.50. The Labute approximate surface area is 132 Å². The molecule has 1 amide bonds. The van der Waals surface area contributed by atoms with E-state index in [-0.39, 0.29) is 23.1 Å². The lowest BCUT2D eigenvalue weighted by atomic mass is 10.2. The molecule has 0 bridgehead atoms. The highest BCUT2D eigenvalue weighted by Gasteiger charge is 2.37. The standard InChI is InChI=1S/C16H18N4O3/c1-19-8-2-4-11(15(19)21)16(22)20-9-3-5-12(20)14-17-13(18-23-14)10-6-7-10/h2,4,8,10,12H,3,5-7,9H2,1H3. The van der Waals surface area contributed by atoms with Crippen LogP contribution in [0.1, 0.15) is 59.7 Å². The molecule has 2 aromatic rings. The Kier molecular flexibility index (Phi) is 3.28. The highest BCUT2D eigenvalue weighted by Crippen LogP contribution is 2.39. The SMILES string of the molecule is Cn1cccc(C(=O)N2CCCC2c2nc(C3CC3)no2)c1=O. The van der Waals surface area contributed by atoms with Gasteiger partial charge in [0.25, 0.3) is 11.5 Å². The summed E-state index contributed by atoms with van der Waals surface area (Å²) in [5, 5.41) is 4.03. The predicted molar refractivity (Wildman–Crippen MR) is 81.0 cm³/mol. The second-order valence-corrected chi connectivity index (χ2v) is 6.26. The maximum atomic E-state index is 12.8. The zero-order valence-electron chi connectivity index (χ0n) is 12.9. The van der Waals surface area contributed by atoms with Crippen molar-refractivity contribution in [3.63, 3.8) is 0 Å². The average molecular weight is 314 g/mol. The van der Waals surface area contributed by atoms with Gasteiger partial charge in [-0.25, -0.2) is 0 Å². The molecule has 2 fully saturated rings. The van der Waals surface area contributed by atoms with Gasteiger partial charge in [-0.15, -0.1) is 0 Å². The highest BCUT2D eigenvalue weighted by molar-refractivity contribution is 5.94. The second kappa shape index (κ2) is 5.33. The summed E-state index contributed by atoms with van der Waals surface area (Å²) >= 11 is 0. The maximum absolute atomic E-state index is 12.8. The number of nitrogens with zero attached hydrogens (tertiary/aromatic N) is 4. The number of aryl methyl sites for hydroxylation is 1. The minimum absolute atomic E-state index is 0.184. The van der Waals surface area contributed by atoms with Crippen molar-refractivity contribution in [3.05, 3.63) is 46.0 Å². The molecular weight excluding hydrogens is 296 g/mol. The van der Waals surface area contributed by atoms with Gasteiger partial charge in [0.2, 0.25) is 5.89 Å². The van der Waals surface area contributed by atoms with Gasteiger partial charge in [0, 0.05) is 25.7 Å². The van der Waals surface area contributed by atoms with Crippen LogP contribution in [0.15, 0.2) is 27.6 Å². The molecule has 4 rings (SSSR count). The van der Waals surface area contributed by atoms with Gasteiger partial charge in [-0.05, 0) is 37.8 Å². The summed E-state index contributed by atoms with van der Waals surface area (Å²) in [5.74, 6) is 1.39. The van der Waals surface area contributed by atoms with Gasteiger partial charge in [-0.2, -0.15) is 4.98 Å². The maximum Gasteiger partial charge on any atom is 0.263 e. The fourth-order valence-electron chi connectivity index (χ4n) is 3.07. The third-order valence-electron chi connectivity index (χ3n) is 4.55. The van der Waals surface area contributed by atoms with Crippen LogP contribution in [0.2, 0.25) is 0 Å². The Morgan fingerprint density at radius 1 is 1.35 bits per heavy atom. The Hall–Kier alpha value is -2.44. The number of likely N-dealkylation sites (tertiary alicyclic amines) is 1. The Morgan fingerprint density at radius 3 is 2.96 bits per heavy atom. The molecule has 2 aromatic heterocycles. The van der Waals surface area contributed by atoms with E-state index in [1.807, 2.05) is 0 Å². The van der Waals surface area contributed by atoms with Crippen molar-refractivity contribution in [2.75, 3.05) is 6.54 Å². The minimum Gasteiger partial charge on any atom is -0.337 e. The first-order valence-electron chi connectivity index (χ1n) is 7.95. The van der Waals surface area contributed by atoms with E-state index in [1.165, 1.54) is 4.57 Å². The van der Waals surface area contributed by atoms with E-state index in [4.69, 9.17) is 4.52 Å². The topological polar surface area (TPSA) is 81.2 Å². The average Bonchev–Trinajstić information content (AvgIpc) is 3.10. The largest absolute Gasteiger partial charge is 0.337 e. The predicted octanol–water partition coefficient (Wildman–Crippen LogP) is 1.62. The lowest BCUT2D eigenvalue weighted by Gasteiger charge is -2.21. The molecule has 0 aromatic carbocycles. The number of hydrogen-bond acceptors (Lipinski definition) is 5. The number of pyridine rings is 1. The highest BCUT2D eigenvalue weighted by atomic mass is 16.5. The van der Waals surface area contributed by atoms with Crippen LogP contribution in [0.3, 0.4) is 0 Å². The van der Waals surface area contributed by atoms with Crippen LogP contribution in [-0.4, -0.2) is 32.1 Å². The van der Waals surface area contributed by atoms with Crippen molar-refractivity contribution in [1.29, 1.82) is 0 Å². The van der Waals surface area contributed by atoms with Gasteiger partial charge in [0.05, 0.1) is 0 Å². The van der Waals surface area contributed by atoms with Crippen LogP contribution in [0.4, 0.5) is 0 Å². The lowest BCUT2D eigenvalue weighted by Crippen LogP contribution is -2.35. The molecule has 1 aliphatic carbocycles. The molecule has 1 aliphatic heterocycles. The van der Waals surface area contributed by atoms with Crippen molar-refractivity contribution >= 4 is 5.91 Å². The van der Waals surface area contributed by atoms with Crippen molar-refractivity contribution < 1.29 is 9.32 Å². The molecule has 2 aliphatic rings. The fourth-order valence-corrected chi connectivity index (χ4v) is 3.07. The number of hydrogen-bond donors (Lipinski definition) is 0. The van der Waals surface area contributed by atoms with E-state index in [0.29, 0.717) is 18.4 Å². The molecule has 1 atom stereocenters. The first-order valence-corrected chi connectivity index (χ1v) is 7.95. The fraction of sp³-hybridized carbons (Fsp3) is 0.500. The van der Waals surface area contributed by atoms with Crippen molar-refractivity contribution in [2.24, 2.45) is 7.05 Å². The van der Waals surface area contributed by atoms with Gasteiger partial charge in [-0.3, -0.25) is 9.59 Å². The van der Waals surface area contributed by atoms with E-state index in [1.54, 1.807) is 30.3 Å². The summed E-state index contributed by atoms with van der Waals surface area (Å²) in [6.45, 7) is 0.600. The number of carbonyl (C=O) groups is 1. The van der Waals surface area contributed by atoms with E-state index in [2.05, 4.69) is 10.1 Å². The molecule has 23 heavy (non-hydrogen) atoms. The molecule has 1 saturated heterocycles. The van der Waals surface area contributed by atoms with Gasteiger partial charge in [0.1, 0.15) is 11.6 Å². The molecule has 3 heterocycles. The number of amides is 1. The zero-order valence-corrected chi connectivity index (χ0v) is 12.9. The zero-order chi connectivity index (χ0) is 16.0. The van der Waals surface area contributed by atoms with Crippen molar-refractivity contribution in [2.45, 2.75) is 37.6 Å². The van der Waals surface area contributed by atoms with Crippen LogP contribution in [0, 0.1) is 0 Å². The molecule has 0 radical (unpaired) electrons. The van der Waals surface area contributed by atoms with E-state index >= 15 is 0 Å². The van der Waals surface area contributed by atoms with Crippen molar-refractivity contribution in [1.82, 2.24) is 19.6 Å². The van der Waals surface area contributed by atoms with E-state index in [0.717, 1.165) is 31.5 Å². The lowest BCUT2D eigenvalue weighted by molar-refractivity contribution is 0.0707. The van der Waals surface area contributed by atoms with Crippen LogP contribution in [0.5, 0.6) is 0 Å². The molecule has 0 spiro atoms. The number of rotatable bonds is 3. The first kappa shape index (κ1) is 14.2. The molecule has 120 valence electrons.